The molecule has 0 fully saturated rings. The summed E-state index contributed by atoms with van der Waals surface area (Å²) in [7, 11) is 0. The highest BCUT2D eigenvalue weighted by Gasteiger charge is 2.22. The van der Waals surface area contributed by atoms with Gasteiger partial charge in [-0.15, -0.1) is 0 Å². The number of aromatic nitrogens is 4. The number of nitrogens with two attached hydrogens (primary N) is 1. The van der Waals surface area contributed by atoms with Crippen molar-refractivity contribution in [3.63, 3.8) is 0 Å². The lowest BCUT2D eigenvalue weighted by atomic mass is 10.2. The maximum Gasteiger partial charge on any atom is 0.332 e. The van der Waals surface area contributed by atoms with Crippen molar-refractivity contribution in [3.8, 4) is 0 Å². The summed E-state index contributed by atoms with van der Waals surface area (Å²) in [6.07, 6.45) is 1.67. The average Bonchev–Trinajstić information content (AvgIpc) is 2.87. The van der Waals surface area contributed by atoms with Crippen molar-refractivity contribution in [1.82, 2.24) is 18.7 Å². The summed E-state index contributed by atoms with van der Waals surface area (Å²) < 4.78 is 4.75. The van der Waals surface area contributed by atoms with Gasteiger partial charge in [0.25, 0.3) is 5.56 Å². The Morgan fingerprint density at radius 1 is 1.14 bits per heavy atom. The Labute approximate surface area is 129 Å². The van der Waals surface area contributed by atoms with Gasteiger partial charge in [0.05, 0.1) is 0 Å². The molecule has 7 nitrogen and oxygen atoms in total. The molecule has 1 atom stereocenters. The third-order valence-corrected chi connectivity index (χ3v) is 4.02. The maximum atomic E-state index is 12.8. The Hall–Kier alpha value is -1.89. The van der Waals surface area contributed by atoms with Gasteiger partial charge < -0.3 is 10.3 Å². The molecule has 0 saturated heterocycles. The lowest BCUT2D eigenvalue weighted by Gasteiger charge is -2.16. The van der Waals surface area contributed by atoms with E-state index < -0.39 is 0 Å². The summed E-state index contributed by atoms with van der Waals surface area (Å²) in [6, 6.07) is -0.0348. The number of fused-ring (bicyclic) bond motifs is 1. The average molecular weight is 307 g/mol. The van der Waals surface area contributed by atoms with Crippen LogP contribution in [-0.4, -0.2) is 25.2 Å². The first kappa shape index (κ1) is 16.5. The molecule has 0 saturated carbocycles. The first-order valence-corrected chi connectivity index (χ1v) is 7.96. The molecule has 2 aromatic rings. The molecule has 0 aromatic carbocycles. The zero-order valence-electron chi connectivity index (χ0n) is 13.8. The Morgan fingerprint density at radius 3 is 2.27 bits per heavy atom. The zero-order valence-corrected chi connectivity index (χ0v) is 13.8. The van der Waals surface area contributed by atoms with Crippen molar-refractivity contribution in [2.75, 3.05) is 6.54 Å². The van der Waals surface area contributed by atoms with E-state index >= 15 is 0 Å². The lowest BCUT2D eigenvalue weighted by Crippen LogP contribution is -2.40. The van der Waals surface area contributed by atoms with E-state index in [2.05, 4.69) is 11.9 Å². The van der Waals surface area contributed by atoms with Crippen LogP contribution in [-0.2, 0) is 19.5 Å². The molecule has 22 heavy (non-hydrogen) atoms. The Morgan fingerprint density at radius 2 is 1.77 bits per heavy atom. The SMILES string of the molecule is CCCc1nc2c(c(=O)n(CC)c(=O)n2CC)n1C(C)CN. The van der Waals surface area contributed by atoms with Crippen molar-refractivity contribution >= 4 is 11.2 Å². The predicted octanol–water partition coefficient (Wildman–Crippen LogP) is 0.872. The lowest BCUT2D eigenvalue weighted by molar-refractivity contribution is 0.539. The second-order valence-corrected chi connectivity index (χ2v) is 5.48. The minimum absolute atomic E-state index is 0.0348. The Kier molecular flexibility index (Phi) is 4.85. The Balaban J connectivity index is 3.00. The molecule has 2 rings (SSSR count). The van der Waals surface area contributed by atoms with Crippen LogP contribution in [0.15, 0.2) is 9.59 Å². The largest absolute Gasteiger partial charge is 0.332 e. The second-order valence-electron chi connectivity index (χ2n) is 5.48. The molecular formula is C15H25N5O2. The smallest absolute Gasteiger partial charge is 0.328 e. The topological polar surface area (TPSA) is 87.8 Å². The molecule has 0 radical (unpaired) electrons. The number of nitrogens with zero attached hydrogens (tertiary/aromatic N) is 4. The van der Waals surface area contributed by atoms with E-state index in [9.17, 15) is 9.59 Å². The summed E-state index contributed by atoms with van der Waals surface area (Å²) in [5.41, 5.74) is 6.21. The molecule has 7 heteroatoms. The second kappa shape index (κ2) is 6.48. The molecular weight excluding hydrogens is 282 g/mol. The van der Waals surface area contributed by atoms with Crippen LogP contribution < -0.4 is 17.0 Å². The van der Waals surface area contributed by atoms with Crippen molar-refractivity contribution in [3.05, 3.63) is 26.7 Å². The van der Waals surface area contributed by atoms with Crippen molar-refractivity contribution < 1.29 is 0 Å². The van der Waals surface area contributed by atoms with Gasteiger partial charge in [-0.1, -0.05) is 6.92 Å². The molecule has 0 spiro atoms. The molecule has 0 aliphatic heterocycles. The molecule has 2 aromatic heterocycles. The predicted molar refractivity (Wildman–Crippen MR) is 87.4 cm³/mol. The standard InChI is InChI=1S/C15H25N5O2/c1-5-8-11-17-13-12(20(11)10(4)9-16)14(21)19(7-3)15(22)18(13)6-2/h10H,5-9,16H2,1-4H3. The van der Waals surface area contributed by atoms with Gasteiger partial charge in [0.2, 0.25) is 0 Å². The fourth-order valence-electron chi connectivity index (χ4n) is 2.85. The minimum atomic E-state index is -0.296. The normalized spacial score (nSPS) is 13.0. The first-order valence-electron chi connectivity index (χ1n) is 7.96. The third-order valence-electron chi connectivity index (χ3n) is 4.02. The van der Waals surface area contributed by atoms with E-state index in [4.69, 9.17) is 5.73 Å². The van der Waals surface area contributed by atoms with E-state index in [0.717, 1.165) is 18.7 Å². The molecule has 0 aliphatic rings. The van der Waals surface area contributed by atoms with E-state index in [1.165, 1.54) is 4.57 Å². The van der Waals surface area contributed by atoms with Crippen LogP contribution in [0.3, 0.4) is 0 Å². The summed E-state index contributed by atoms with van der Waals surface area (Å²) in [4.78, 5) is 29.8. The van der Waals surface area contributed by atoms with Crippen molar-refractivity contribution in [2.45, 2.75) is 59.7 Å². The summed E-state index contributed by atoms with van der Waals surface area (Å²) >= 11 is 0. The number of hydrogen-bond donors (Lipinski definition) is 1. The molecule has 2 heterocycles. The fourth-order valence-corrected chi connectivity index (χ4v) is 2.85. The van der Waals surface area contributed by atoms with Crippen LogP contribution in [0.1, 0.15) is 46.0 Å². The van der Waals surface area contributed by atoms with Crippen LogP contribution in [0.5, 0.6) is 0 Å². The van der Waals surface area contributed by atoms with E-state index in [1.807, 2.05) is 18.4 Å². The van der Waals surface area contributed by atoms with Crippen LogP contribution >= 0.6 is 0 Å². The number of hydrogen-bond acceptors (Lipinski definition) is 4. The van der Waals surface area contributed by atoms with Crippen LogP contribution in [0, 0.1) is 0 Å². The van der Waals surface area contributed by atoms with Gasteiger partial charge in [-0.05, 0) is 27.2 Å². The minimum Gasteiger partial charge on any atom is -0.328 e. The van der Waals surface area contributed by atoms with Crippen molar-refractivity contribution in [1.29, 1.82) is 0 Å². The number of aryl methyl sites for hydroxylation is 2. The van der Waals surface area contributed by atoms with Gasteiger partial charge in [-0.25, -0.2) is 9.78 Å². The molecule has 0 aliphatic carbocycles. The third kappa shape index (κ3) is 2.39. The summed E-state index contributed by atoms with van der Waals surface area (Å²) in [5, 5.41) is 0. The van der Waals surface area contributed by atoms with Gasteiger partial charge in [0.1, 0.15) is 5.82 Å². The number of rotatable bonds is 6. The van der Waals surface area contributed by atoms with Gasteiger partial charge in [0, 0.05) is 32.1 Å². The molecule has 0 bridgehead atoms. The highest BCUT2D eigenvalue weighted by Crippen LogP contribution is 2.18. The molecule has 122 valence electrons. The first-order chi connectivity index (χ1) is 10.5. The van der Waals surface area contributed by atoms with Gasteiger partial charge >= 0.3 is 5.69 Å². The van der Waals surface area contributed by atoms with E-state index in [-0.39, 0.29) is 17.3 Å². The van der Waals surface area contributed by atoms with Crippen LogP contribution in [0.25, 0.3) is 11.2 Å². The van der Waals surface area contributed by atoms with E-state index in [0.29, 0.717) is 30.8 Å². The monoisotopic (exact) mass is 307 g/mol. The highest BCUT2D eigenvalue weighted by atomic mass is 16.2. The fraction of sp³-hybridized carbons (Fsp3) is 0.667. The van der Waals surface area contributed by atoms with Gasteiger partial charge in [-0.2, -0.15) is 0 Å². The van der Waals surface area contributed by atoms with Crippen LogP contribution in [0.2, 0.25) is 0 Å². The van der Waals surface area contributed by atoms with Gasteiger partial charge in [0.15, 0.2) is 11.2 Å². The number of imidazole rings is 1. The summed E-state index contributed by atoms with van der Waals surface area (Å²) in [6.45, 7) is 8.96. The van der Waals surface area contributed by atoms with Gasteiger partial charge in [-0.3, -0.25) is 13.9 Å². The molecule has 2 N–H and O–H groups in total. The molecule has 1 unspecified atom stereocenters. The van der Waals surface area contributed by atoms with E-state index in [1.54, 1.807) is 11.5 Å². The zero-order chi connectivity index (χ0) is 16.4. The van der Waals surface area contributed by atoms with Crippen LogP contribution in [0.4, 0.5) is 0 Å². The highest BCUT2D eigenvalue weighted by molar-refractivity contribution is 5.71. The summed E-state index contributed by atoms with van der Waals surface area (Å²) in [5.74, 6) is 0.822. The quantitative estimate of drug-likeness (QED) is 0.858. The van der Waals surface area contributed by atoms with Crippen molar-refractivity contribution in [2.24, 2.45) is 5.73 Å². The maximum absolute atomic E-state index is 12.8. The molecule has 0 amide bonds. The Bertz CT molecular complexity index is 784.